The number of hydrogen-bond acceptors (Lipinski definition) is 3. The van der Waals surface area contributed by atoms with Crippen LogP contribution in [0.15, 0.2) is 24.3 Å². The summed E-state index contributed by atoms with van der Waals surface area (Å²) in [5, 5.41) is 4.92. The predicted octanol–water partition coefficient (Wildman–Crippen LogP) is 2.73. The van der Waals surface area contributed by atoms with E-state index in [0.717, 1.165) is 5.56 Å². The molecule has 1 aliphatic rings. The molecule has 1 aliphatic carbocycles. The third-order valence-electron chi connectivity index (χ3n) is 4.34. The lowest BCUT2D eigenvalue weighted by Crippen LogP contribution is -2.50. The number of carbonyl (C=O) groups is 3. The minimum absolute atomic E-state index is 0.329. The maximum atomic E-state index is 12.3. The first-order chi connectivity index (χ1) is 11.1. The van der Waals surface area contributed by atoms with E-state index in [2.05, 4.69) is 10.6 Å². The summed E-state index contributed by atoms with van der Waals surface area (Å²) in [5.41, 5.74) is 0.481. The molecule has 130 valence electrons. The molecule has 0 aliphatic heterocycles. The van der Waals surface area contributed by atoms with Gasteiger partial charge in [0.25, 0.3) is 5.91 Å². The highest BCUT2D eigenvalue weighted by atomic mass is 35.5. The first-order valence-corrected chi connectivity index (χ1v) is 8.47. The topological polar surface area (TPSA) is 75.3 Å². The molecule has 1 saturated carbocycles. The number of nitrogens with one attached hydrogen (secondary N) is 2. The second-order valence-electron chi connectivity index (χ2n) is 6.33. The quantitative estimate of drug-likeness (QED) is 0.782. The Hall–Kier alpha value is -1.59. The molecule has 0 saturated heterocycles. The monoisotopic (exact) mass is 370 g/mol. The van der Waals surface area contributed by atoms with E-state index in [9.17, 15) is 14.4 Å². The minimum atomic E-state index is -1.11. The van der Waals surface area contributed by atoms with Gasteiger partial charge in [-0.25, -0.2) is 0 Å². The fourth-order valence-corrected chi connectivity index (χ4v) is 3.00. The number of amides is 3. The molecule has 7 heteroatoms. The van der Waals surface area contributed by atoms with Gasteiger partial charge in [-0.1, -0.05) is 24.6 Å². The summed E-state index contributed by atoms with van der Waals surface area (Å²) in [7, 11) is 0. The second kappa shape index (κ2) is 6.73. The van der Waals surface area contributed by atoms with Crippen LogP contribution in [0.3, 0.4) is 0 Å². The van der Waals surface area contributed by atoms with Gasteiger partial charge in [-0.2, -0.15) is 0 Å². The van der Waals surface area contributed by atoms with Crippen LogP contribution >= 0.6 is 23.2 Å². The third kappa shape index (κ3) is 3.73. The number of hydrogen-bond donors (Lipinski definition) is 2. The van der Waals surface area contributed by atoms with Gasteiger partial charge in [0.2, 0.25) is 11.8 Å². The summed E-state index contributed by atoms with van der Waals surface area (Å²) in [6, 6.07) is 6.02. The summed E-state index contributed by atoms with van der Waals surface area (Å²) in [6.45, 7) is 5.29. The lowest BCUT2D eigenvalue weighted by atomic mass is 10.1. The molecule has 5 nitrogen and oxygen atoms in total. The van der Waals surface area contributed by atoms with Crippen molar-refractivity contribution >= 4 is 40.9 Å². The van der Waals surface area contributed by atoms with Crippen molar-refractivity contribution in [2.75, 3.05) is 0 Å². The Bertz CT molecular complexity index is 673. The van der Waals surface area contributed by atoms with Crippen molar-refractivity contribution in [1.82, 2.24) is 10.6 Å². The molecule has 2 N–H and O–H groups in total. The van der Waals surface area contributed by atoms with E-state index in [1.165, 1.54) is 0 Å². The van der Waals surface area contributed by atoms with Crippen LogP contribution in [0, 0.1) is 12.3 Å². The molecule has 24 heavy (non-hydrogen) atoms. The van der Waals surface area contributed by atoms with Gasteiger partial charge in [0.05, 0.1) is 5.41 Å². The van der Waals surface area contributed by atoms with Crippen molar-refractivity contribution in [1.29, 1.82) is 0 Å². The lowest BCUT2D eigenvalue weighted by Gasteiger charge is -2.19. The Balaban J connectivity index is 1.98. The van der Waals surface area contributed by atoms with E-state index in [4.69, 9.17) is 23.2 Å². The van der Waals surface area contributed by atoms with Crippen molar-refractivity contribution in [2.45, 2.75) is 44.0 Å². The highest BCUT2D eigenvalue weighted by molar-refractivity contribution is 6.53. The van der Waals surface area contributed by atoms with Crippen LogP contribution in [0.5, 0.6) is 0 Å². The number of rotatable bonds is 5. The largest absolute Gasteiger partial charge is 0.344 e. The maximum absolute atomic E-state index is 12.3. The van der Waals surface area contributed by atoms with E-state index in [0.29, 0.717) is 18.4 Å². The molecule has 0 spiro atoms. The molecular formula is C17H20Cl2N2O3. The zero-order valence-corrected chi connectivity index (χ0v) is 15.3. The van der Waals surface area contributed by atoms with Crippen molar-refractivity contribution in [3.05, 3.63) is 35.4 Å². The summed E-state index contributed by atoms with van der Waals surface area (Å²) >= 11 is 12.0. The second-order valence-corrected chi connectivity index (χ2v) is 7.82. The number of carbonyl (C=O) groups excluding carboxylic acids is 3. The molecule has 3 amide bonds. The van der Waals surface area contributed by atoms with Gasteiger partial charge in [-0.3, -0.25) is 19.7 Å². The molecule has 0 heterocycles. The van der Waals surface area contributed by atoms with Gasteiger partial charge in [-0.15, -0.1) is 23.2 Å². The molecule has 2 rings (SSSR count). The van der Waals surface area contributed by atoms with Gasteiger partial charge in [-0.05, 0) is 38.8 Å². The molecule has 0 bridgehead atoms. The van der Waals surface area contributed by atoms with Crippen LogP contribution in [-0.2, 0) is 9.59 Å². The van der Waals surface area contributed by atoms with Crippen LogP contribution in [0.1, 0.15) is 42.6 Å². The Morgan fingerprint density at radius 2 is 1.75 bits per heavy atom. The van der Waals surface area contributed by atoms with E-state index in [1.807, 2.05) is 6.92 Å². The molecule has 1 aromatic carbocycles. The van der Waals surface area contributed by atoms with Crippen molar-refractivity contribution in [3.63, 3.8) is 0 Å². The summed E-state index contributed by atoms with van der Waals surface area (Å²) < 4.78 is -1.11. The number of alkyl halides is 2. The lowest BCUT2D eigenvalue weighted by molar-refractivity contribution is -0.131. The highest BCUT2D eigenvalue weighted by Gasteiger charge is 2.68. The Labute approximate surface area is 151 Å². The van der Waals surface area contributed by atoms with Crippen molar-refractivity contribution < 1.29 is 14.4 Å². The summed E-state index contributed by atoms with van der Waals surface area (Å²) in [5.74, 6) is -1.46. The number of benzene rings is 1. The average Bonchev–Trinajstić information content (AvgIpc) is 3.04. The maximum Gasteiger partial charge on any atom is 0.257 e. The summed E-state index contributed by atoms with van der Waals surface area (Å²) in [6.07, 6.45) is 0.668. The zero-order valence-electron chi connectivity index (χ0n) is 13.8. The number of aryl methyl sites for hydroxylation is 1. The average molecular weight is 371 g/mol. The molecular weight excluding hydrogens is 351 g/mol. The van der Waals surface area contributed by atoms with Crippen LogP contribution in [0.4, 0.5) is 0 Å². The molecule has 2 atom stereocenters. The Morgan fingerprint density at radius 3 is 2.21 bits per heavy atom. The van der Waals surface area contributed by atoms with E-state index in [1.54, 1.807) is 38.1 Å². The van der Waals surface area contributed by atoms with Gasteiger partial charge < -0.3 is 5.32 Å². The molecule has 2 unspecified atom stereocenters. The van der Waals surface area contributed by atoms with Crippen LogP contribution in [0.2, 0.25) is 0 Å². The first kappa shape index (κ1) is 18.7. The predicted molar refractivity (Wildman–Crippen MR) is 93.0 cm³/mol. The normalized spacial score (nSPS) is 22.4. The fourth-order valence-electron chi connectivity index (χ4n) is 2.29. The standard InChI is InChI=1S/C17H20Cl2N2O3/c1-4-12(20-15(24)16(3)9-17(16,18)19)14(23)21-13(22)11-7-5-10(2)6-8-11/h5-8,12H,4,9H2,1-3H3,(H,20,24)(H,21,22,23). The van der Waals surface area contributed by atoms with Gasteiger partial charge >= 0.3 is 0 Å². The molecule has 1 fully saturated rings. The van der Waals surface area contributed by atoms with Crippen molar-refractivity contribution in [3.8, 4) is 0 Å². The Kier molecular flexibility index (Phi) is 5.25. The van der Waals surface area contributed by atoms with Gasteiger partial charge in [0.1, 0.15) is 10.4 Å². The minimum Gasteiger partial charge on any atom is -0.344 e. The van der Waals surface area contributed by atoms with Gasteiger partial charge in [0, 0.05) is 5.56 Å². The molecule has 0 aromatic heterocycles. The summed E-state index contributed by atoms with van der Waals surface area (Å²) in [4.78, 5) is 36.6. The number of halogens is 2. The molecule has 0 radical (unpaired) electrons. The van der Waals surface area contributed by atoms with Gasteiger partial charge in [0.15, 0.2) is 0 Å². The van der Waals surface area contributed by atoms with Crippen molar-refractivity contribution in [2.24, 2.45) is 5.41 Å². The number of imide groups is 1. The third-order valence-corrected chi connectivity index (χ3v) is 5.44. The van der Waals surface area contributed by atoms with E-state index < -0.39 is 33.5 Å². The molecule has 1 aromatic rings. The Morgan fingerprint density at radius 1 is 1.21 bits per heavy atom. The first-order valence-electron chi connectivity index (χ1n) is 7.71. The van der Waals surface area contributed by atoms with E-state index in [-0.39, 0.29) is 0 Å². The van der Waals surface area contributed by atoms with Crippen LogP contribution < -0.4 is 10.6 Å². The van der Waals surface area contributed by atoms with Crippen LogP contribution in [-0.4, -0.2) is 28.1 Å². The van der Waals surface area contributed by atoms with Crippen LogP contribution in [0.25, 0.3) is 0 Å². The van der Waals surface area contributed by atoms with E-state index >= 15 is 0 Å². The highest BCUT2D eigenvalue weighted by Crippen LogP contribution is 2.63. The smallest absolute Gasteiger partial charge is 0.257 e. The SMILES string of the molecule is CCC(NC(=O)C1(C)CC1(Cl)Cl)C(=O)NC(=O)c1ccc(C)cc1. The zero-order chi connectivity index (χ0) is 18.1. The fraction of sp³-hybridized carbons (Fsp3) is 0.471.